The van der Waals surface area contributed by atoms with Crippen LogP contribution in [0.3, 0.4) is 0 Å². The maximum atomic E-state index is 13.8. The van der Waals surface area contributed by atoms with Crippen molar-refractivity contribution in [1.29, 1.82) is 0 Å². The lowest BCUT2D eigenvalue weighted by molar-refractivity contribution is 0.0371. The van der Waals surface area contributed by atoms with E-state index in [0.29, 0.717) is 29.4 Å². The summed E-state index contributed by atoms with van der Waals surface area (Å²) < 4.78 is 6.40. The molecule has 0 bridgehead atoms. The zero-order valence-electron chi connectivity index (χ0n) is 25.0. The first-order chi connectivity index (χ1) is 21.2. The summed E-state index contributed by atoms with van der Waals surface area (Å²) in [4.78, 5) is 42.9. The van der Waals surface area contributed by atoms with Crippen LogP contribution in [0.15, 0.2) is 91.0 Å². The second-order valence-corrected chi connectivity index (χ2v) is 11.1. The predicted octanol–water partition coefficient (Wildman–Crippen LogP) is 5.87. The molecule has 4 aromatic rings. The van der Waals surface area contributed by atoms with Gasteiger partial charge in [0.1, 0.15) is 11.9 Å². The summed E-state index contributed by atoms with van der Waals surface area (Å²) in [6.45, 7) is 4.07. The summed E-state index contributed by atoms with van der Waals surface area (Å²) in [5.74, 6) is -0.156. The molecule has 0 unspecified atom stereocenters. The van der Waals surface area contributed by atoms with Gasteiger partial charge in [-0.25, -0.2) is 9.59 Å². The van der Waals surface area contributed by atoms with Crippen molar-refractivity contribution < 1.29 is 24.2 Å². The van der Waals surface area contributed by atoms with Gasteiger partial charge in [-0.2, -0.15) is 0 Å². The van der Waals surface area contributed by atoms with Crippen molar-refractivity contribution in [2.45, 2.75) is 26.0 Å². The number of benzene rings is 4. The first kappa shape index (κ1) is 30.4. The zero-order chi connectivity index (χ0) is 31.2. The number of nitrogens with one attached hydrogen (secondary N) is 3. The number of likely N-dealkylation sites (N-methyl/N-ethyl adjacent to an activating group) is 1. The van der Waals surface area contributed by atoms with E-state index in [1.807, 2.05) is 79.7 Å². The number of nitrogens with zero attached hydrogens (tertiary/aromatic N) is 2. The Kier molecular flexibility index (Phi) is 9.30. The molecule has 0 fully saturated rings. The van der Waals surface area contributed by atoms with Crippen LogP contribution in [0.1, 0.15) is 24.2 Å². The summed E-state index contributed by atoms with van der Waals surface area (Å²) >= 11 is 0. The molecule has 1 aliphatic heterocycles. The van der Waals surface area contributed by atoms with Crippen LogP contribution in [-0.2, 0) is 0 Å². The molecule has 0 spiro atoms. The lowest BCUT2D eigenvalue weighted by Crippen LogP contribution is -2.50. The highest BCUT2D eigenvalue weighted by Gasteiger charge is 2.34. The highest BCUT2D eigenvalue weighted by Crippen LogP contribution is 2.31. The Morgan fingerprint density at radius 2 is 1.68 bits per heavy atom. The number of hydrogen-bond acceptors (Lipinski definition) is 5. The molecule has 228 valence electrons. The number of hydrogen-bond donors (Lipinski definition) is 4. The summed E-state index contributed by atoms with van der Waals surface area (Å²) in [6.07, 6.45) is -0.463. The number of amides is 5. The molecule has 4 aromatic carbocycles. The number of ether oxygens (including phenoxy) is 1. The van der Waals surface area contributed by atoms with E-state index in [4.69, 9.17) is 4.74 Å². The maximum absolute atomic E-state index is 13.8. The Hall–Kier alpha value is -5.09. The number of fused-ring (bicyclic) bond motifs is 2. The highest BCUT2D eigenvalue weighted by molar-refractivity contribution is 6.07. The first-order valence-electron chi connectivity index (χ1n) is 14.6. The number of rotatable bonds is 7. The van der Waals surface area contributed by atoms with Crippen LogP contribution in [0.5, 0.6) is 5.75 Å². The van der Waals surface area contributed by atoms with Crippen molar-refractivity contribution in [3.63, 3.8) is 0 Å². The van der Waals surface area contributed by atoms with E-state index in [1.165, 1.54) is 0 Å². The van der Waals surface area contributed by atoms with Crippen LogP contribution in [-0.4, -0.2) is 71.8 Å². The molecule has 4 N–H and O–H groups in total. The normalized spacial score (nSPS) is 17.0. The van der Waals surface area contributed by atoms with Gasteiger partial charge < -0.3 is 35.6 Å². The van der Waals surface area contributed by atoms with Crippen LogP contribution in [0, 0.1) is 5.92 Å². The molecule has 5 rings (SSSR count). The number of carbonyl (C=O) groups is 3. The molecule has 10 heteroatoms. The van der Waals surface area contributed by atoms with Gasteiger partial charge in [-0.05, 0) is 48.7 Å². The topological polar surface area (TPSA) is 123 Å². The van der Waals surface area contributed by atoms with Crippen LogP contribution < -0.4 is 20.7 Å². The first-order valence-corrected chi connectivity index (χ1v) is 14.6. The van der Waals surface area contributed by atoms with E-state index in [9.17, 15) is 19.5 Å². The predicted molar refractivity (Wildman–Crippen MR) is 172 cm³/mol. The van der Waals surface area contributed by atoms with Crippen molar-refractivity contribution in [3.8, 4) is 5.75 Å². The lowest BCUT2D eigenvalue weighted by Gasteiger charge is -2.38. The number of anilines is 3. The largest absolute Gasteiger partial charge is 0.487 e. The van der Waals surface area contributed by atoms with Crippen LogP contribution >= 0.6 is 0 Å². The van der Waals surface area contributed by atoms with Gasteiger partial charge in [0.15, 0.2) is 0 Å². The Labute approximate surface area is 256 Å². The van der Waals surface area contributed by atoms with Gasteiger partial charge in [0, 0.05) is 36.3 Å². The molecule has 0 aliphatic carbocycles. The van der Waals surface area contributed by atoms with Crippen molar-refractivity contribution >= 4 is 45.8 Å². The Morgan fingerprint density at radius 1 is 0.955 bits per heavy atom. The summed E-state index contributed by atoms with van der Waals surface area (Å²) in [5.41, 5.74) is 1.99. The zero-order valence-corrected chi connectivity index (χ0v) is 25.0. The third kappa shape index (κ3) is 6.92. The fourth-order valence-corrected chi connectivity index (χ4v) is 5.23. The third-order valence-corrected chi connectivity index (χ3v) is 7.79. The quantitative estimate of drug-likeness (QED) is 0.213. The Morgan fingerprint density at radius 3 is 2.45 bits per heavy atom. The van der Waals surface area contributed by atoms with Crippen LogP contribution in [0.4, 0.5) is 26.7 Å². The van der Waals surface area contributed by atoms with Crippen molar-refractivity contribution in [1.82, 2.24) is 9.80 Å². The molecular formula is C34H37N5O5. The molecule has 3 atom stereocenters. The Balaban J connectivity index is 1.36. The van der Waals surface area contributed by atoms with Crippen molar-refractivity contribution in [2.75, 3.05) is 42.7 Å². The standard InChI is InChI=1S/C34H37N5O5/c1-22-19-39(23(2)21-40)32(41)28-18-26(35-33(42)37-29-15-9-11-24-10-7-8-14-27(24)29)16-17-30(28)44-31(22)20-38(3)34(43)36-25-12-5-4-6-13-25/h4-18,22-23,31,40H,19-21H2,1-3H3,(H,36,43)(H2,35,37,42)/t22-,23+,31-/m1/s1. The van der Waals surface area contributed by atoms with Gasteiger partial charge in [0.25, 0.3) is 5.91 Å². The van der Waals surface area contributed by atoms with E-state index >= 15 is 0 Å². The number of aliphatic hydroxyl groups excluding tert-OH is 1. The number of aliphatic hydroxyl groups is 1. The van der Waals surface area contributed by atoms with Crippen molar-refractivity contribution in [3.05, 3.63) is 96.6 Å². The fraction of sp³-hybridized carbons (Fsp3) is 0.265. The SMILES string of the molecule is C[C@@H]1CN([C@@H](C)CO)C(=O)c2cc(NC(=O)Nc3cccc4ccccc34)ccc2O[C@@H]1CN(C)C(=O)Nc1ccccc1. The van der Waals surface area contributed by atoms with Gasteiger partial charge in [0.05, 0.1) is 30.4 Å². The van der Waals surface area contributed by atoms with Gasteiger partial charge in [-0.1, -0.05) is 61.5 Å². The molecule has 0 radical (unpaired) electrons. The average Bonchev–Trinajstić information content (AvgIpc) is 3.03. The van der Waals surface area contributed by atoms with Crippen LogP contribution in [0.2, 0.25) is 0 Å². The molecule has 5 amide bonds. The van der Waals surface area contributed by atoms with Gasteiger partial charge >= 0.3 is 12.1 Å². The third-order valence-electron chi connectivity index (χ3n) is 7.79. The second kappa shape index (κ2) is 13.5. The summed E-state index contributed by atoms with van der Waals surface area (Å²) in [5, 5.41) is 20.5. The number of carbonyl (C=O) groups excluding carboxylic acids is 3. The second-order valence-electron chi connectivity index (χ2n) is 11.1. The van der Waals surface area contributed by atoms with E-state index in [-0.39, 0.29) is 36.6 Å². The smallest absolute Gasteiger partial charge is 0.323 e. The lowest BCUT2D eigenvalue weighted by atomic mass is 9.99. The van der Waals surface area contributed by atoms with E-state index in [0.717, 1.165) is 10.8 Å². The summed E-state index contributed by atoms with van der Waals surface area (Å²) in [6, 6.07) is 26.3. The molecule has 0 aromatic heterocycles. The minimum Gasteiger partial charge on any atom is -0.487 e. The Bertz CT molecular complexity index is 1640. The van der Waals surface area contributed by atoms with Crippen LogP contribution in [0.25, 0.3) is 10.8 Å². The minimum absolute atomic E-state index is 0.169. The molecule has 1 aliphatic rings. The number of para-hydroxylation sites is 1. The molecular weight excluding hydrogens is 558 g/mol. The van der Waals surface area contributed by atoms with Gasteiger partial charge in [-0.3, -0.25) is 4.79 Å². The molecule has 0 saturated carbocycles. The monoisotopic (exact) mass is 595 g/mol. The van der Waals surface area contributed by atoms with Gasteiger partial charge in [-0.15, -0.1) is 0 Å². The van der Waals surface area contributed by atoms with Crippen molar-refractivity contribution in [2.24, 2.45) is 5.92 Å². The molecule has 1 heterocycles. The fourth-order valence-electron chi connectivity index (χ4n) is 5.23. The van der Waals surface area contributed by atoms with E-state index in [2.05, 4.69) is 16.0 Å². The maximum Gasteiger partial charge on any atom is 0.323 e. The van der Waals surface area contributed by atoms with Gasteiger partial charge in [0.2, 0.25) is 0 Å². The molecule has 10 nitrogen and oxygen atoms in total. The molecule has 44 heavy (non-hydrogen) atoms. The number of urea groups is 2. The minimum atomic E-state index is -0.463. The van der Waals surface area contributed by atoms with E-state index < -0.39 is 18.2 Å². The average molecular weight is 596 g/mol. The highest BCUT2D eigenvalue weighted by atomic mass is 16.5. The summed E-state index contributed by atoms with van der Waals surface area (Å²) in [7, 11) is 1.69. The van der Waals surface area contributed by atoms with E-state index in [1.54, 1.807) is 42.0 Å². The molecule has 0 saturated heterocycles.